The monoisotopic (exact) mass is 350 g/mol. The lowest BCUT2D eigenvalue weighted by Gasteiger charge is -2.19. The van der Waals surface area contributed by atoms with Gasteiger partial charge in [0.15, 0.2) is 0 Å². The maximum atomic E-state index is 12.6. The van der Waals surface area contributed by atoms with Gasteiger partial charge in [0.1, 0.15) is 17.5 Å². The number of esters is 1. The SMILES string of the molecule is COC(=O)CCCN1C(=O)c2ccc(Oc3ccccc3)cc2C1C#N. The van der Waals surface area contributed by atoms with Crippen molar-refractivity contribution in [3.8, 4) is 17.6 Å². The van der Waals surface area contributed by atoms with Crippen molar-refractivity contribution < 1.29 is 19.1 Å². The number of carbonyl (C=O) groups is 2. The largest absolute Gasteiger partial charge is 0.469 e. The van der Waals surface area contributed by atoms with Crippen molar-refractivity contribution >= 4 is 11.9 Å². The smallest absolute Gasteiger partial charge is 0.305 e. The number of rotatable bonds is 6. The number of hydrogen-bond donors (Lipinski definition) is 0. The molecule has 0 N–H and O–H groups in total. The Morgan fingerprint density at radius 3 is 2.65 bits per heavy atom. The third-order valence-electron chi connectivity index (χ3n) is 4.23. The van der Waals surface area contributed by atoms with E-state index in [4.69, 9.17) is 4.74 Å². The Morgan fingerprint density at radius 2 is 1.96 bits per heavy atom. The number of fused-ring (bicyclic) bond motifs is 1. The van der Waals surface area contributed by atoms with Gasteiger partial charge in [-0.2, -0.15) is 5.26 Å². The zero-order chi connectivity index (χ0) is 18.5. The van der Waals surface area contributed by atoms with Crippen LogP contribution in [0.3, 0.4) is 0 Å². The van der Waals surface area contributed by atoms with E-state index in [0.717, 1.165) is 0 Å². The van der Waals surface area contributed by atoms with Crippen LogP contribution in [0, 0.1) is 11.3 Å². The summed E-state index contributed by atoms with van der Waals surface area (Å²) in [5.74, 6) is 0.712. The van der Waals surface area contributed by atoms with Gasteiger partial charge in [0.2, 0.25) is 0 Å². The number of carbonyl (C=O) groups excluding carboxylic acids is 2. The predicted octanol–water partition coefficient (Wildman–Crippen LogP) is 3.45. The number of nitriles is 1. The number of nitrogens with zero attached hydrogens (tertiary/aromatic N) is 2. The second-order valence-corrected chi connectivity index (χ2v) is 5.87. The molecule has 0 fully saturated rings. The van der Waals surface area contributed by atoms with Crippen molar-refractivity contribution in [3.05, 3.63) is 59.7 Å². The van der Waals surface area contributed by atoms with Gasteiger partial charge >= 0.3 is 5.97 Å². The molecule has 0 saturated carbocycles. The number of methoxy groups -OCH3 is 1. The third-order valence-corrected chi connectivity index (χ3v) is 4.23. The summed E-state index contributed by atoms with van der Waals surface area (Å²) in [6.45, 7) is 0.315. The van der Waals surface area contributed by atoms with Crippen molar-refractivity contribution in [3.63, 3.8) is 0 Å². The van der Waals surface area contributed by atoms with Crippen LogP contribution in [-0.2, 0) is 9.53 Å². The lowest BCUT2D eigenvalue weighted by Crippen LogP contribution is -2.28. The minimum Gasteiger partial charge on any atom is -0.469 e. The second kappa shape index (κ2) is 7.70. The molecule has 6 nitrogen and oxygen atoms in total. The number of amides is 1. The Hall–Kier alpha value is -3.33. The van der Waals surface area contributed by atoms with Crippen LogP contribution in [-0.4, -0.2) is 30.4 Å². The maximum Gasteiger partial charge on any atom is 0.305 e. The topological polar surface area (TPSA) is 79.6 Å². The summed E-state index contributed by atoms with van der Waals surface area (Å²) < 4.78 is 10.4. The molecule has 3 rings (SSSR count). The van der Waals surface area contributed by atoms with E-state index in [1.807, 2.05) is 30.3 Å². The Bertz CT molecular complexity index is 858. The fourth-order valence-electron chi connectivity index (χ4n) is 2.96. The van der Waals surface area contributed by atoms with E-state index >= 15 is 0 Å². The summed E-state index contributed by atoms with van der Waals surface area (Å²) in [4.78, 5) is 25.3. The minimum atomic E-state index is -0.686. The van der Waals surface area contributed by atoms with Crippen LogP contribution in [0.15, 0.2) is 48.5 Å². The summed E-state index contributed by atoms with van der Waals surface area (Å²) in [5.41, 5.74) is 1.12. The van der Waals surface area contributed by atoms with Crippen molar-refractivity contribution in [1.29, 1.82) is 5.26 Å². The first kappa shape index (κ1) is 17.5. The molecule has 0 radical (unpaired) electrons. The number of hydrogen-bond acceptors (Lipinski definition) is 5. The van der Waals surface area contributed by atoms with Crippen LogP contribution >= 0.6 is 0 Å². The van der Waals surface area contributed by atoms with Crippen LogP contribution in [0.4, 0.5) is 0 Å². The van der Waals surface area contributed by atoms with Crippen molar-refractivity contribution in [1.82, 2.24) is 4.90 Å². The van der Waals surface area contributed by atoms with E-state index < -0.39 is 6.04 Å². The van der Waals surface area contributed by atoms with Gasteiger partial charge in [0.05, 0.1) is 13.2 Å². The Balaban J connectivity index is 1.78. The van der Waals surface area contributed by atoms with Gasteiger partial charge in [0.25, 0.3) is 5.91 Å². The van der Waals surface area contributed by atoms with E-state index in [1.54, 1.807) is 18.2 Å². The lowest BCUT2D eigenvalue weighted by molar-refractivity contribution is -0.140. The molecule has 6 heteroatoms. The molecule has 2 aromatic carbocycles. The number of ether oxygens (including phenoxy) is 2. The van der Waals surface area contributed by atoms with Crippen molar-refractivity contribution in [2.75, 3.05) is 13.7 Å². The molecule has 2 aromatic rings. The van der Waals surface area contributed by atoms with E-state index in [0.29, 0.717) is 35.6 Å². The third kappa shape index (κ3) is 3.52. The standard InChI is InChI=1S/C20H18N2O4/c1-25-19(23)8-5-11-22-18(13-21)17-12-15(9-10-16(17)20(22)24)26-14-6-3-2-4-7-14/h2-4,6-7,9-10,12,18H,5,8,11H2,1H3. The van der Waals surface area contributed by atoms with Gasteiger partial charge in [-0.15, -0.1) is 0 Å². The predicted molar refractivity (Wildman–Crippen MR) is 93.6 cm³/mol. The molecule has 0 aromatic heterocycles. The quantitative estimate of drug-likeness (QED) is 0.746. The van der Waals surface area contributed by atoms with E-state index in [-0.39, 0.29) is 18.3 Å². The molecule has 1 atom stereocenters. The number of para-hydroxylation sites is 1. The van der Waals surface area contributed by atoms with Crippen LogP contribution < -0.4 is 4.74 Å². The lowest BCUT2D eigenvalue weighted by atomic mass is 10.1. The highest BCUT2D eigenvalue weighted by molar-refractivity contribution is 6.00. The van der Waals surface area contributed by atoms with Crippen molar-refractivity contribution in [2.24, 2.45) is 0 Å². The Labute approximate surface area is 151 Å². The van der Waals surface area contributed by atoms with E-state index in [9.17, 15) is 14.9 Å². The van der Waals surface area contributed by atoms with Crippen LogP contribution in [0.5, 0.6) is 11.5 Å². The normalized spacial score (nSPS) is 15.3. The Morgan fingerprint density at radius 1 is 1.19 bits per heavy atom. The molecule has 1 aliphatic rings. The fraction of sp³-hybridized carbons (Fsp3) is 0.250. The molecule has 0 bridgehead atoms. The zero-order valence-electron chi connectivity index (χ0n) is 14.3. The zero-order valence-corrected chi connectivity index (χ0v) is 14.3. The van der Waals surface area contributed by atoms with Crippen LogP contribution in [0.1, 0.15) is 34.8 Å². The van der Waals surface area contributed by atoms with E-state index in [2.05, 4.69) is 10.8 Å². The van der Waals surface area contributed by atoms with Gasteiger partial charge in [-0.3, -0.25) is 9.59 Å². The summed E-state index contributed by atoms with van der Waals surface area (Å²) in [7, 11) is 1.32. The average Bonchev–Trinajstić information content (AvgIpc) is 2.93. The molecule has 0 spiro atoms. The summed E-state index contributed by atoms with van der Waals surface area (Å²) in [5, 5.41) is 9.56. The molecule has 1 unspecified atom stereocenters. The summed E-state index contributed by atoms with van der Waals surface area (Å²) in [6.07, 6.45) is 0.648. The fourth-order valence-corrected chi connectivity index (χ4v) is 2.96. The van der Waals surface area contributed by atoms with Gasteiger partial charge in [0, 0.05) is 24.1 Å². The van der Waals surface area contributed by atoms with Gasteiger partial charge in [-0.25, -0.2) is 0 Å². The average molecular weight is 350 g/mol. The first-order valence-corrected chi connectivity index (χ1v) is 8.28. The minimum absolute atomic E-state index is 0.205. The summed E-state index contributed by atoms with van der Waals surface area (Å²) >= 11 is 0. The molecule has 1 heterocycles. The highest BCUT2D eigenvalue weighted by atomic mass is 16.5. The second-order valence-electron chi connectivity index (χ2n) is 5.87. The van der Waals surface area contributed by atoms with Gasteiger partial charge in [-0.1, -0.05) is 18.2 Å². The molecule has 1 amide bonds. The molecule has 1 aliphatic heterocycles. The molecule has 132 valence electrons. The van der Waals surface area contributed by atoms with Crippen LogP contribution in [0.2, 0.25) is 0 Å². The molecular formula is C20H18N2O4. The first-order chi connectivity index (χ1) is 12.6. The highest BCUT2D eigenvalue weighted by Gasteiger charge is 2.36. The highest BCUT2D eigenvalue weighted by Crippen LogP contribution is 2.36. The van der Waals surface area contributed by atoms with E-state index in [1.165, 1.54) is 12.0 Å². The molecule has 0 aliphatic carbocycles. The summed E-state index contributed by atoms with van der Waals surface area (Å²) in [6, 6.07) is 15.9. The van der Waals surface area contributed by atoms with Gasteiger partial charge < -0.3 is 14.4 Å². The van der Waals surface area contributed by atoms with Gasteiger partial charge in [-0.05, 0) is 36.8 Å². The van der Waals surface area contributed by atoms with Crippen molar-refractivity contribution in [2.45, 2.75) is 18.9 Å². The maximum absolute atomic E-state index is 12.6. The molecular weight excluding hydrogens is 332 g/mol. The van der Waals surface area contributed by atoms with Crippen LogP contribution in [0.25, 0.3) is 0 Å². The Kier molecular flexibility index (Phi) is 5.18. The number of benzene rings is 2. The molecule has 26 heavy (non-hydrogen) atoms. The molecule has 0 saturated heterocycles. The first-order valence-electron chi connectivity index (χ1n) is 8.28.